The van der Waals surface area contributed by atoms with Crippen molar-refractivity contribution in [2.75, 3.05) is 13.6 Å². The summed E-state index contributed by atoms with van der Waals surface area (Å²) in [5.41, 5.74) is 0. The molecule has 2 aliphatic rings. The Morgan fingerprint density at radius 3 is 2.55 bits per heavy atom. The van der Waals surface area contributed by atoms with E-state index in [0.29, 0.717) is 17.9 Å². The van der Waals surface area contributed by atoms with Crippen LogP contribution in [0.3, 0.4) is 0 Å². The highest BCUT2D eigenvalue weighted by Gasteiger charge is 2.25. The molecule has 0 saturated carbocycles. The fourth-order valence-corrected chi connectivity index (χ4v) is 4.22. The zero-order valence-corrected chi connectivity index (χ0v) is 20.1. The third-order valence-electron chi connectivity index (χ3n) is 5.84. The first-order chi connectivity index (χ1) is 13.5. The number of guanidine groups is 1. The van der Waals surface area contributed by atoms with Crippen molar-refractivity contribution in [1.82, 2.24) is 40.2 Å². The molecule has 4 heterocycles. The molecule has 0 radical (unpaired) electrons. The fourth-order valence-electron chi connectivity index (χ4n) is 4.22. The lowest BCUT2D eigenvalue weighted by Gasteiger charge is -2.29. The quantitative estimate of drug-likeness (QED) is 0.367. The molecular weight excluding hydrogens is 481 g/mol. The van der Waals surface area contributed by atoms with Crippen LogP contribution in [0.4, 0.5) is 0 Å². The van der Waals surface area contributed by atoms with Gasteiger partial charge in [-0.1, -0.05) is 13.8 Å². The van der Waals surface area contributed by atoms with Crippen LogP contribution in [0.2, 0.25) is 0 Å². The summed E-state index contributed by atoms with van der Waals surface area (Å²) >= 11 is 0. The zero-order valence-electron chi connectivity index (χ0n) is 17.7. The highest BCUT2D eigenvalue weighted by atomic mass is 127. The minimum absolute atomic E-state index is 0. The predicted molar refractivity (Wildman–Crippen MR) is 123 cm³/mol. The Balaban J connectivity index is 0.00000240. The fraction of sp³-hybridized carbons (Fsp3) is 0.737. The molecule has 29 heavy (non-hydrogen) atoms. The van der Waals surface area contributed by atoms with Crippen LogP contribution in [0.1, 0.15) is 55.9 Å². The van der Waals surface area contributed by atoms with Gasteiger partial charge >= 0.3 is 0 Å². The summed E-state index contributed by atoms with van der Waals surface area (Å²) < 4.78 is 4.52. The molecule has 0 aliphatic carbocycles. The highest BCUT2D eigenvalue weighted by molar-refractivity contribution is 14.0. The molecule has 2 N–H and O–H groups in total. The molecule has 0 spiro atoms. The first-order valence-electron chi connectivity index (χ1n) is 10.3. The van der Waals surface area contributed by atoms with E-state index in [9.17, 15) is 0 Å². The Labute approximate surface area is 189 Å². The van der Waals surface area contributed by atoms with Gasteiger partial charge in [0, 0.05) is 51.5 Å². The van der Waals surface area contributed by atoms with Gasteiger partial charge < -0.3 is 19.8 Å². The summed E-state index contributed by atoms with van der Waals surface area (Å²) in [5, 5.41) is 24.3. The van der Waals surface area contributed by atoms with Crippen LogP contribution in [0.25, 0.3) is 0 Å². The first kappa shape index (κ1) is 22.0. The highest BCUT2D eigenvalue weighted by Crippen LogP contribution is 2.21. The van der Waals surface area contributed by atoms with Crippen molar-refractivity contribution in [2.24, 2.45) is 10.9 Å². The van der Waals surface area contributed by atoms with Crippen molar-refractivity contribution < 1.29 is 0 Å². The van der Waals surface area contributed by atoms with Crippen LogP contribution in [0.15, 0.2) is 4.99 Å². The van der Waals surface area contributed by atoms with E-state index >= 15 is 0 Å². The van der Waals surface area contributed by atoms with Crippen LogP contribution in [0, 0.1) is 12.8 Å². The molecule has 0 aromatic carbocycles. The van der Waals surface area contributed by atoms with E-state index in [-0.39, 0.29) is 24.0 Å². The van der Waals surface area contributed by atoms with E-state index in [1.165, 1.54) is 0 Å². The summed E-state index contributed by atoms with van der Waals surface area (Å²) in [6.45, 7) is 9.13. The Morgan fingerprint density at radius 1 is 1.07 bits per heavy atom. The summed E-state index contributed by atoms with van der Waals surface area (Å²) in [7, 11) is 1.84. The average Bonchev–Trinajstić information content (AvgIpc) is 3.28. The zero-order chi connectivity index (χ0) is 19.7. The molecule has 9 nitrogen and oxygen atoms in total. The Hall–Kier alpha value is -1.72. The van der Waals surface area contributed by atoms with Crippen LogP contribution >= 0.6 is 24.0 Å². The van der Waals surface area contributed by atoms with Crippen LogP contribution in [-0.2, 0) is 25.9 Å². The van der Waals surface area contributed by atoms with Crippen molar-refractivity contribution in [3.63, 3.8) is 0 Å². The maximum Gasteiger partial charge on any atom is 0.191 e. The molecular formula is C19H32IN9. The Kier molecular flexibility index (Phi) is 7.12. The molecule has 0 bridgehead atoms. The lowest BCUT2D eigenvalue weighted by atomic mass is 9.99. The molecule has 0 saturated heterocycles. The van der Waals surface area contributed by atoms with Crippen molar-refractivity contribution in [3.8, 4) is 0 Å². The topological polar surface area (TPSA) is 97.8 Å². The number of halogens is 1. The van der Waals surface area contributed by atoms with Gasteiger partial charge in [0.2, 0.25) is 0 Å². The lowest BCUT2D eigenvalue weighted by molar-refractivity contribution is 0.355. The van der Waals surface area contributed by atoms with Crippen molar-refractivity contribution in [3.05, 3.63) is 23.3 Å². The minimum atomic E-state index is 0. The van der Waals surface area contributed by atoms with E-state index in [1.54, 1.807) is 0 Å². The van der Waals surface area contributed by atoms with E-state index in [0.717, 1.165) is 74.6 Å². The smallest absolute Gasteiger partial charge is 0.191 e. The number of nitrogens with one attached hydrogen (secondary N) is 2. The van der Waals surface area contributed by atoms with Gasteiger partial charge in [-0.15, -0.1) is 44.4 Å². The van der Waals surface area contributed by atoms with E-state index in [1.807, 2.05) is 14.0 Å². The molecule has 0 amide bonds. The summed E-state index contributed by atoms with van der Waals surface area (Å²) in [6.07, 6.45) is 4.12. The molecule has 0 fully saturated rings. The van der Waals surface area contributed by atoms with Gasteiger partial charge in [0.05, 0.1) is 0 Å². The van der Waals surface area contributed by atoms with Crippen LogP contribution in [0.5, 0.6) is 0 Å². The van der Waals surface area contributed by atoms with Crippen molar-refractivity contribution in [2.45, 2.75) is 71.5 Å². The number of aliphatic imine (C=N–C) groups is 1. The van der Waals surface area contributed by atoms with Crippen molar-refractivity contribution in [1.29, 1.82) is 0 Å². The molecule has 2 aromatic heterocycles. The predicted octanol–water partition coefficient (Wildman–Crippen LogP) is 1.66. The summed E-state index contributed by atoms with van der Waals surface area (Å²) in [5.74, 6) is 6.12. The molecule has 2 aromatic rings. The molecule has 2 atom stereocenters. The van der Waals surface area contributed by atoms with E-state index < -0.39 is 0 Å². The molecule has 10 heteroatoms. The summed E-state index contributed by atoms with van der Waals surface area (Å²) in [6, 6.07) is 0.338. The third kappa shape index (κ3) is 4.72. The third-order valence-corrected chi connectivity index (χ3v) is 5.84. The van der Waals surface area contributed by atoms with Gasteiger partial charge in [-0.25, -0.2) is 0 Å². The van der Waals surface area contributed by atoms with Gasteiger partial charge in [-0.2, -0.15) is 0 Å². The van der Waals surface area contributed by atoms with Crippen LogP contribution < -0.4 is 10.6 Å². The van der Waals surface area contributed by atoms with Gasteiger partial charge in [-0.3, -0.25) is 4.99 Å². The molecule has 160 valence electrons. The number of aryl methyl sites for hydroxylation is 3. The maximum absolute atomic E-state index is 4.44. The van der Waals surface area contributed by atoms with E-state index in [4.69, 9.17) is 0 Å². The molecule has 2 aliphatic heterocycles. The minimum Gasteiger partial charge on any atom is -0.356 e. The largest absolute Gasteiger partial charge is 0.356 e. The Bertz CT molecular complexity index is 854. The average molecular weight is 513 g/mol. The SMILES string of the molecule is CN=C(NCC1CCc2nnc(C)n2C1)NC1CCc2nnc(C(C)C)n2C1.I. The van der Waals surface area contributed by atoms with Gasteiger partial charge in [0.15, 0.2) is 5.96 Å². The number of hydrogen-bond acceptors (Lipinski definition) is 5. The maximum atomic E-state index is 4.44. The standard InChI is InChI=1S/C19H31N9.HI/c1-12(2)18-26-25-17-8-6-15(11-28(17)18)22-19(20-4)21-9-14-5-7-16-24-23-13(3)27(16)10-14;/h12,14-15H,5-11H2,1-4H3,(H2,20,21,22);1H. The Morgan fingerprint density at radius 2 is 1.79 bits per heavy atom. The second-order valence-electron chi connectivity index (χ2n) is 8.25. The second kappa shape index (κ2) is 9.40. The van der Waals surface area contributed by atoms with Gasteiger partial charge in [0.25, 0.3) is 0 Å². The second-order valence-corrected chi connectivity index (χ2v) is 8.25. The van der Waals surface area contributed by atoms with Gasteiger partial charge in [0.1, 0.15) is 23.3 Å². The van der Waals surface area contributed by atoms with Crippen LogP contribution in [-0.4, -0.2) is 55.1 Å². The molecule has 2 unspecified atom stereocenters. The van der Waals surface area contributed by atoms with E-state index in [2.05, 4.69) is 59.0 Å². The van der Waals surface area contributed by atoms with Crippen molar-refractivity contribution >= 4 is 29.9 Å². The summed E-state index contributed by atoms with van der Waals surface area (Å²) in [4.78, 5) is 4.44. The number of hydrogen-bond donors (Lipinski definition) is 2. The lowest BCUT2D eigenvalue weighted by Crippen LogP contribution is -2.48. The monoisotopic (exact) mass is 513 g/mol. The van der Waals surface area contributed by atoms with Gasteiger partial charge in [-0.05, 0) is 25.7 Å². The number of fused-ring (bicyclic) bond motifs is 2. The number of aromatic nitrogens is 6. The number of rotatable bonds is 4. The first-order valence-corrected chi connectivity index (χ1v) is 10.3. The molecule has 4 rings (SSSR count). The number of nitrogens with zero attached hydrogens (tertiary/aromatic N) is 7. The normalized spacial score (nSPS) is 21.3.